The van der Waals surface area contributed by atoms with Gasteiger partial charge in [0.2, 0.25) is 0 Å². The molecule has 1 N–H and O–H groups in total. The van der Waals surface area contributed by atoms with Crippen molar-refractivity contribution in [2.45, 2.75) is 57.6 Å². The van der Waals surface area contributed by atoms with Gasteiger partial charge in [0.15, 0.2) is 0 Å². The lowest BCUT2D eigenvalue weighted by Gasteiger charge is -2.18. The van der Waals surface area contributed by atoms with Crippen molar-refractivity contribution >= 4 is 11.8 Å². The summed E-state index contributed by atoms with van der Waals surface area (Å²) in [6.45, 7) is 10.2. The van der Waals surface area contributed by atoms with Crippen LogP contribution in [0, 0.1) is 6.92 Å². The fraction of sp³-hybridized carbons (Fsp3) is 0.625. The first-order chi connectivity index (χ1) is 8.63. The van der Waals surface area contributed by atoms with E-state index in [1.165, 1.54) is 24.0 Å². The van der Waals surface area contributed by atoms with Gasteiger partial charge in [0.1, 0.15) is 0 Å². The van der Waals surface area contributed by atoms with Gasteiger partial charge in [-0.05, 0) is 44.4 Å². The van der Waals surface area contributed by atoms with E-state index in [0.29, 0.717) is 11.3 Å². The molecule has 0 saturated heterocycles. The molecule has 1 aromatic carbocycles. The summed E-state index contributed by atoms with van der Waals surface area (Å²) in [5.41, 5.74) is 2.89. The van der Waals surface area contributed by atoms with E-state index in [4.69, 9.17) is 0 Å². The maximum Gasteiger partial charge on any atom is 0.0189 e. The number of benzene rings is 1. The summed E-state index contributed by atoms with van der Waals surface area (Å²) in [4.78, 5) is 0. The summed E-state index contributed by atoms with van der Waals surface area (Å²) >= 11 is 2.07. The van der Waals surface area contributed by atoms with Gasteiger partial charge in [-0.1, -0.05) is 38.1 Å². The molecule has 0 amide bonds. The lowest BCUT2D eigenvalue weighted by Crippen LogP contribution is -2.29. The highest BCUT2D eigenvalue weighted by Gasteiger charge is 2.09. The van der Waals surface area contributed by atoms with E-state index in [2.05, 4.69) is 69.0 Å². The van der Waals surface area contributed by atoms with E-state index in [9.17, 15) is 0 Å². The van der Waals surface area contributed by atoms with Crippen LogP contribution in [0.25, 0.3) is 0 Å². The SMILES string of the molecule is CCCNC(C)CC(C)SCc1ccccc1C. The van der Waals surface area contributed by atoms with E-state index in [0.717, 1.165) is 12.3 Å². The van der Waals surface area contributed by atoms with Gasteiger partial charge >= 0.3 is 0 Å². The first-order valence-corrected chi connectivity index (χ1v) is 8.07. The Morgan fingerprint density at radius 1 is 1.22 bits per heavy atom. The van der Waals surface area contributed by atoms with Crippen LogP contribution in [0.1, 0.15) is 44.7 Å². The van der Waals surface area contributed by atoms with Crippen LogP contribution in [0.4, 0.5) is 0 Å². The summed E-state index contributed by atoms with van der Waals surface area (Å²) in [5.74, 6) is 1.13. The predicted octanol–water partition coefficient (Wildman–Crippen LogP) is 4.39. The van der Waals surface area contributed by atoms with Gasteiger partial charge in [0, 0.05) is 17.0 Å². The molecule has 0 saturated carbocycles. The Morgan fingerprint density at radius 2 is 1.94 bits per heavy atom. The number of thioether (sulfide) groups is 1. The van der Waals surface area contributed by atoms with Crippen LogP contribution in [-0.2, 0) is 5.75 Å². The highest BCUT2D eigenvalue weighted by Crippen LogP contribution is 2.22. The molecule has 0 bridgehead atoms. The highest BCUT2D eigenvalue weighted by molar-refractivity contribution is 7.99. The van der Waals surface area contributed by atoms with Crippen LogP contribution in [0.5, 0.6) is 0 Å². The summed E-state index contributed by atoms with van der Waals surface area (Å²) in [6.07, 6.45) is 2.46. The van der Waals surface area contributed by atoms with Gasteiger partial charge in [-0.3, -0.25) is 0 Å². The van der Waals surface area contributed by atoms with Crippen molar-refractivity contribution in [1.29, 1.82) is 0 Å². The normalized spacial score (nSPS) is 14.4. The third-order valence-corrected chi connectivity index (χ3v) is 4.45. The highest BCUT2D eigenvalue weighted by atomic mass is 32.2. The minimum atomic E-state index is 0.629. The topological polar surface area (TPSA) is 12.0 Å². The van der Waals surface area contributed by atoms with Crippen LogP contribution < -0.4 is 5.32 Å². The summed E-state index contributed by atoms with van der Waals surface area (Å²) in [6, 6.07) is 9.33. The molecule has 0 heterocycles. The average Bonchev–Trinajstić information content (AvgIpc) is 2.35. The van der Waals surface area contributed by atoms with Crippen molar-refractivity contribution < 1.29 is 0 Å². The molecular weight excluding hydrogens is 238 g/mol. The molecule has 0 aliphatic heterocycles. The van der Waals surface area contributed by atoms with Crippen LogP contribution in [0.3, 0.4) is 0 Å². The molecular formula is C16H27NS. The molecule has 0 aliphatic rings. The van der Waals surface area contributed by atoms with E-state index in [1.54, 1.807) is 0 Å². The van der Waals surface area contributed by atoms with Crippen LogP contribution >= 0.6 is 11.8 Å². The fourth-order valence-corrected chi connectivity index (χ4v) is 3.26. The average molecular weight is 265 g/mol. The van der Waals surface area contributed by atoms with Crippen molar-refractivity contribution in [2.24, 2.45) is 0 Å². The van der Waals surface area contributed by atoms with Crippen molar-refractivity contribution in [1.82, 2.24) is 5.32 Å². The third kappa shape index (κ3) is 5.92. The van der Waals surface area contributed by atoms with Crippen LogP contribution in [-0.4, -0.2) is 17.8 Å². The summed E-state index contributed by atoms with van der Waals surface area (Å²) in [7, 11) is 0. The summed E-state index contributed by atoms with van der Waals surface area (Å²) < 4.78 is 0. The number of aryl methyl sites for hydroxylation is 1. The second-order valence-corrected chi connectivity index (χ2v) is 6.57. The lowest BCUT2D eigenvalue weighted by atomic mass is 10.1. The Bertz CT molecular complexity index is 338. The Labute approximate surface area is 117 Å². The second-order valence-electron chi connectivity index (χ2n) is 5.14. The Balaban J connectivity index is 2.28. The molecule has 2 atom stereocenters. The van der Waals surface area contributed by atoms with Gasteiger partial charge in [-0.15, -0.1) is 0 Å². The Hall–Kier alpha value is -0.470. The quantitative estimate of drug-likeness (QED) is 0.748. The molecule has 1 aromatic rings. The number of hydrogen-bond acceptors (Lipinski definition) is 2. The molecule has 1 nitrogen and oxygen atoms in total. The minimum absolute atomic E-state index is 0.629. The zero-order chi connectivity index (χ0) is 13.4. The van der Waals surface area contributed by atoms with Gasteiger partial charge < -0.3 is 5.32 Å². The Morgan fingerprint density at radius 3 is 2.61 bits per heavy atom. The molecule has 2 unspecified atom stereocenters. The van der Waals surface area contributed by atoms with E-state index in [1.807, 2.05) is 0 Å². The molecule has 1 rings (SSSR count). The second kappa shape index (κ2) is 8.60. The Kier molecular flexibility index (Phi) is 7.45. The van der Waals surface area contributed by atoms with Crippen molar-refractivity contribution in [3.63, 3.8) is 0 Å². The van der Waals surface area contributed by atoms with Gasteiger partial charge in [-0.25, -0.2) is 0 Å². The van der Waals surface area contributed by atoms with E-state index in [-0.39, 0.29) is 0 Å². The van der Waals surface area contributed by atoms with Crippen LogP contribution in [0.2, 0.25) is 0 Å². The van der Waals surface area contributed by atoms with Crippen LogP contribution in [0.15, 0.2) is 24.3 Å². The lowest BCUT2D eigenvalue weighted by molar-refractivity contribution is 0.513. The maximum absolute atomic E-state index is 3.56. The smallest absolute Gasteiger partial charge is 0.0189 e. The monoisotopic (exact) mass is 265 g/mol. The minimum Gasteiger partial charge on any atom is -0.314 e. The molecule has 0 aromatic heterocycles. The zero-order valence-corrected chi connectivity index (χ0v) is 13.0. The molecule has 102 valence electrons. The molecule has 0 spiro atoms. The standard InChI is InChI=1S/C16H27NS/c1-5-10-17-14(3)11-15(4)18-12-16-9-7-6-8-13(16)2/h6-9,14-15,17H,5,10-12H2,1-4H3. The molecule has 2 heteroatoms. The van der Waals surface area contributed by atoms with Gasteiger partial charge in [-0.2, -0.15) is 11.8 Å². The van der Waals surface area contributed by atoms with Crippen molar-refractivity contribution in [2.75, 3.05) is 6.54 Å². The van der Waals surface area contributed by atoms with Crippen molar-refractivity contribution in [3.8, 4) is 0 Å². The molecule has 0 aliphatic carbocycles. The molecule has 0 radical (unpaired) electrons. The fourth-order valence-electron chi connectivity index (χ4n) is 2.04. The number of hydrogen-bond donors (Lipinski definition) is 1. The van der Waals surface area contributed by atoms with Crippen molar-refractivity contribution in [3.05, 3.63) is 35.4 Å². The maximum atomic E-state index is 3.56. The van der Waals surface area contributed by atoms with Gasteiger partial charge in [0.25, 0.3) is 0 Å². The number of rotatable bonds is 8. The van der Waals surface area contributed by atoms with Gasteiger partial charge in [0.05, 0.1) is 0 Å². The molecule has 0 fully saturated rings. The number of nitrogens with one attached hydrogen (secondary N) is 1. The van der Waals surface area contributed by atoms with E-state index >= 15 is 0 Å². The zero-order valence-electron chi connectivity index (χ0n) is 12.2. The first-order valence-electron chi connectivity index (χ1n) is 7.03. The summed E-state index contributed by atoms with van der Waals surface area (Å²) in [5, 5.41) is 4.27. The predicted molar refractivity (Wildman–Crippen MR) is 84.3 cm³/mol. The first kappa shape index (κ1) is 15.6. The third-order valence-electron chi connectivity index (χ3n) is 3.21. The molecule has 18 heavy (non-hydrogen) atoms. The van der Waals surface area contributed by atoms with E-state index < -0.39 is 0 Å². The largest absolute Gasteiger partial charge is 0.314 e.